The fourth-order valence-corrected chi connectivity index (χ4v) is 3.13. The Morgan fingerprint density at radius 1 is 1.37 bits per heavy atom. The lowest BCUT2D eigenvalue weighted by atomic mass is 9.98. The van der Waals surface area contributed by atoms with E-state index in [1.165, 1.54) is 24.8 Å². The summed E-state index contributed by atoms with van der Waals surface area (Å²) in [6, 6.07) is 4.30. The summed E-state index contributed by atoms with van der Waals surface area (Å²) in [5.41, 5.74) is 2.64. The molecular weight excluding hydrogens is 240 g/mol. The van der Waals surface area contributed by atoms with Crippen molar-refractivity contribution in [3.8, 4) is 0 Å². The van der Waals surface area contributed by atoms with Crippen LogP contribution in [0.15, 0.2) is 12.1 Å². The zero-order chi connectivity index (χ0) is 13.2. The van der Waals surface area contributed by atoms with Crippen LogP contribution in [0.2, 0.25) is 0 Å². The van der Waals surface area contributed by atoms with Crippen LogP contribution in [0.5, 0.6) is 0 Å². The van der Waals surface area contributed by atoms with Crippen LogP contribution in [0.1, 0.15) is 30.5 Å². The molecule has 1 aliphatic carbocycles. The SMILES string of the molecule is COC(=O)C1CCCN(c2ccc3c(n2)CCC3)C1. The molecule has 1 saturated heterocycles. The standard InChI is InChI=1S/C15H20N2O2/c1-19-15(18)12-5-3-9-17(10-12)14-8-7-11-4-2-6-13(11)16-14/h7-8,12H,2-6,9-10H2,1H3. The van der Waals surface area contributed by atoms with Gasteiger partial charge in [0.25, 0.3) is 0 Å². The van der Waals surface area contributed by atoms with Crippen molar-refractivity contribution in [2.24, 2.45) is 5.92 Å². The van der Waals surface area contributed by atoms with Crippen LogP contribution >= 0.6 is 0 Å². The third-order valence-corrected chi connectivity index (χ3v) is 4.19. The number of methoxy groups -OCH3 is 1. The molecule has 1 aromatic heterocycles. The quantitative estimate of drug-likeness (QED) is 0.762. The molecule has 0 amide bonds. The first-order valence-corrected chi connectivity index (χ1v) is 7.09. The van der Waals surface area contributed by atoms with Gasteiger partial charge in [-0.2, -0.15) is 0 Å². The molecule has 0 aromatic carbocycles. The van der Waals surface area contributed by atoms with Crippen molar-refractivity contribution in [2.75, 3.05) is 25.1 Å². The lowest BCUT2D eigenvalue weighted by Gasteiger charge is -2.32. The molecule has 3 rings (SSSR count). The van der Waals surface area contributed by atoms with Gasteiger partial charge in [-0.05, 0) is 43.7 Å². The third-order valence-electron chi connectivity index (χ3n) is 4.19. The molecule has 19 heavy (non-hydrogen) atoms. The first kappa shape index (κ1) is 12.5. The Balaban J connectivity index is 1.76. The number of ether oxygens (including phenoxy) is 1. The van der Waals surface area contributed by atoms with E-state index >= 15 is 0 Å². The minimum atomic E-state index is -0.0918. The third kappa shape index (κ3) is 2.44. The topological polar surface area (TPSA) is 42.4 Å². The zero-order valence-electron chi connectivity index (χ0n) is 11.4. The van der Waals surface area contributed by atoms with Crippen molar-refractivity contribution in [2.45, 2.75) is 32.1 Å². The van der Waals surface area contributed by atoms with Gasteiger partial charge in [0.05, 0.1) is 13.0 Å². The average Bonchev–Trinajstić information content (AvgIpc) is 2.94. The van der Waals surface area contributed by atoms with Gasteiger partial charge in [0, 0.05) is 18.8 Å². The Hall–Kier alpha value is -1.58. The predicted molar refractivity (Wildman–Crippen MR) is 73.2 cm³/mol. The Kier molecular flexibility index (Phi) is 3.40. The molecule has 0 spiro atoms. The maximum absolute atomic E-state index is 11.7. The van der Waals surface area contributed by atoms with Crippen molar-refractivity contribution in [3.05, 3.63) is 23.4 Å². The molecule has 0 bridgehead atoms. The highest BCUT2D eigenvalue weighted by molar-refractivity contribution is 5.73. The van der Waals surface area contributed by atoms with Gasteiger partial charge in [-0.25, -0.2) is 4.98 Å². The number of carbonyl (C=O) groups is 1. The van der Waals surface area contributed by atoms with Crippen LogP contribution in [0.4, 0.5) is 5.82 Å². The summed E-state index contributed by atoms with van der Waals surface area (Å²) in [6.07, 6.45) is 5.42. The van der Waals surface area contributed by atoms with E-state index in [2.05, 4.69) is 17.0 Å². The minimum Gasteiger partial charge on any atom is -0.469 e. The molecule has 1 aromatic rings. The van der Waals surface area contributed by atoms with Gasteiger partial charge in [0.1, 0.15) is 5.82 Å². The molecule has 2 aliphatic rings. The summed E-state index contributed by atoms with van der Waals surface area (Å²) < 4.78 is 4.86. The number of esters is 1. The van der Waals surface area contributed by atoms with Crippen LogP contribution in [-0.4, -0.2) is 31.2 Å². The Morgan fingerprint density at radius 2 is 2.26 bits per heavy atom. The summed E-state index contributed by atoms with van der Waals surface area (Å²) in [6.45, 7) is 1.72. The van der Waals surface area contributed by atoms with Crippen LogP contribution in [0.25, 0.3) is 0 Å². The van der Waals surface area contributed by atoms with Crippen LogP contribution in [0.3, 0.4) is 0 Å². The van der Waals surface area contributed by atoms with E-state index in [4.69, 9.17) is 9.72 Å². The van der Waals surface area contributed by atoms with Crippen molar-refractivity contribution in [3.63, 3.8) is 0 Å². The number of anilines is 1. The normalized spacial score (nSPS) is 22.2. The van der Waals surface area contributed by atoms with Gasteiger partial charge < -0.3 is 9.64 Å². The number of hydrogen-bond acceptors (Lipinski definition) is 4. The van der Waals surface area contributed by atoms with E-state index in [0.29, 0.717) is 0 Å². The van der Waals surface area contributed by atoms with Crippen LogP contribution in [-0.2, 0) is 22.4 Å². The number of rotatable bonds is 2. The maximum Gasteiger partial charge on any atom is 0.310 e. The fraction of sp³-hybridized carbons (Fsp3) is 0.600. The highest BCUT2D eigenvalue weighted by Gasteiger charge is 2.27. The fourth-order valence-electron chi connectivity index (χ4n) is 3.13. The van der Waals surface area contributed by atoms with Crippen molar-refractivity contribution < 1.29 is 9.53 Å². The molecule has 0 N–H and O–H groups in total. The monoisotopic (exact) mass is 260 g/mol. The average molecular weight is 260 g/mol. The number of piperidine rings is 1. The minimum absolute atomic E-state index is 0.00574. The second-order valence-corrected chi connectivity index (χ2v) is 5.44. The first-order chi connectivity index (χ1) is 9.28. The molecule has 102 valence electrons. The highest BCUT2D eigenvalue weighted by atomic mass is 16.5. The van der Waals surface area contributed by atoms with Gasteiger partial charge in [-0.1, -0.05) is 6.07 Å². The summed E-state index contributed by atoms with van der Waals surface area (Å²) >= 11 is 0. The molecule has 1 aliphatic heterocycles. The number of aromatic nitrogens is 1. The van der Waals surface area contributed by atoms with Crippen molar-refractivity contribution >= 4 is 11.8 Å². The number of pyridine rings is 1. The zero-order valence-corrected chi connectivity index (χ0v) is 11.4. The predicted octanol–water partition coefficient (Wildman–Crippen LogP) is 1.96. The molecule has 1 fully saturated rings. The van der Waals surface area contributed by atoms with E-state index in [0.717, 1.165) is 44.6 Å². The molecule has 0 radical (unpaired) electrons. The molecule has 1 atom stereocenters. The molecule has 0 saturated carbocycles. The second-order valence-electron chi connectivity index (χ2n) is 5.44. The molecule has 4 nitrogen and oxygen atoms in total. The number of aryl methyl sites for hydroxylation is 2. The van der Waals surface area contributed by atoms with Crippen molar-refractivity contribution in [1.29, 1.82) is 0 Å². The maximum atomic E-state index is 11.7. The van der Waals surface area contributed by atoms with Gasteiger partial charge in [0.2, 0.25) is 0 Å². The second kappa shape index (κ2) is 5.19. The highest BCUT2D eigenvalue weighted by Crippen LogP contribution is 2.26. The number of carbonyl (C=O) groups excluding carboxylic acids is 1. The van der Waals surface area contributed by atoms with Gasteiger partial charge >= 0.3 is 5.97 Å². The summed E-state index contributed by atoms with van der Waals surface area (Å²) in [7, 11) is 1.47. The van der Waals surface area contributed by atoms with Gasteiger partial charge in [0.15, 0.2) is 0 Å². The van der Waals surface area contributed by atoms with Crippen LogP contribution < -0.4 is 4.90 Å². The summed E-state index contributed by atoms with van der Waals surface area (Å²) in [5.74, 6) is 0.925. The Labute approximate surface area is 113 Å². The van der Waals surface area contributed by atoms with E-state index in [-0.39, 0.29) is 11.9 Å². The number of fused-ring (bicyclic) bond motifs is 1. The lowest BCUT2D eigenvalue weighted by Crippen LogP contribution is -2.39. The van der Waals surface area contributed by atoms with E-state index in [9.17, 15) is 4.79 Å². The Morgan fingerprint density at radius 3 is 3.11 bits per heavy atom. The summed E-state index contributed by atoms with van der Waals surface area (Å²) in [4.78, 5) is 18.7. The lowest BCUT2D eigenvalue weighted by molar-refractivity contribution is -0.145. The Bertz CT molecular complexity index is 487. The van der Waals surface area contributed by atoms with Crippen molar-refractivity contribution in [1.82, 2.24) is 4.98 Å². The van der Waals surface area contributed by atoms with Gasteiger partial charge in [-0.3, -0.25) is 4.79 Å². The summed E-state index contributed by atoms with van der Waals surface area (Å²) in [5, 5.41) is 0. The van der Waals surface area contributed by atoms with E-state index in [1.54, 1.807) is 0 Å². The largest absolute Gasteiger partial charge is 0.469 e. The number of nitrogens with zero attached hydrogens (tertiary/aromatic N) is 2. The smallest absolute Gasteiger partial charge is 0.310 e. The van der Waals surface area contributed by atoms with Gasteiger partial charge in [-0.15, -0.1) is 0 Å². The van der Waals surface area contributed by atoms with E-state index < -0.39 is 0 Å². The molecule has 1 unspecified atom stereocenters. The molecule has 4 heteroatoms. The molecular formula is C15H20N2O2. The van der Waals surface area contributed by atoms with Crippen LogP contribution in [0, 0.1) is 5.92 Å². The number of hydrogen-bond donors (Lipinski definition) is 0. The molecule has 2 heterocycles. The first-order valence-electron chi connectivity index (χ1n) is 7.09. The van der Waals surface area contributed by atoms with E-state index in [1.807, 2.05) is 0 Å².